The lowest BCUT2D eigenvalue weighted by atomic mass is 9.56. The fourth-order valence-corrected chi connectivity index (χ4v) is 8.71. The summed E-state index contributed by atoms with van der Waals surface area (Å²) in [5, 5.41) is 30.0. The first-order chi connectivity index (χ1) is 20.8. The fourth-order valence-electron chi connectivity index (χ4n) is 7.29. The number of carbonyl (C=O) groups is 4. The van der Waals surface area contributed by atoms with Crippen LogP contribution in [0, 0.1) is 17.8 Å². The Hall–Kier alpha value is -3.10. The van der Waals surface area contributed by atoms with Gasteiger partial charge in [0.25, 0.3) is 11.8 Å². The number of hydrogen-bond acceptors (Lipinski definition) is 9. The number of likely N-dealkylation sites (tertiary alicyclic amines) is 1. The van der Waals surface area contributed by atoms with Crippen LogP contribution in [0.1, 0.15) is 24.3 Å². The van der Waals surface area contributed by atoms with Gasteiger partial charge in [0.05, 0.1) is 37.2 Å². The van der Waals surface area contributed by atoms with Gasteiger partial charge in [-0.1, -0.05) is 39.7 Å². The lowest BCUT2D eigenvalue weighted by molar-refractivity contribution is -0.138. The molecule has 2 heterocycles. The van der Waals surface area contributed by atoms with Crippen LogP contribution in [0.25, 0.3) is 0 Å². The highest BCUT2D eigenvalue weighted by molar-refractivity contribution is 9.09. The predicted molar refractivity (Wildman–Crippen MR) is 163 cm³/mol. The number of anilines is 1. The van der Waals surface area contributed by atoms with Gasteiger partial charge in [-0.05, 0) is 54.1 Å². The number of halogens is 3. The Labute approximate surface area is 270 Å². The second-order valence-electron chi connectivity index (χ2n) is 11.2. The predicted octanol–water partition coefficient (Wildman–Crippen LogP) is 2.01. The average Bonchev–Trinajstić information content (AvgIpc) is 3.34. The van der Waals surface area contributed by atoms with E-state index in [0.717, 1.165) is 9.80 Å². The summed E-state index contributed by atoms with van der Waals surface area (Å²) < 4.78 is 10.7. The normalized spacial score (nSPS) is 31.0. The number of carbonyl (C=O) groups excluding carboxylic acids is 4. The fraction of sp³-hybridized carbons (Fsp3) is 0.379. The zero-order valence-electron chi connectivity index (χ0n) is 23.4. The maximum absolute atomic E-state index is 14.2. The molecule has 11 nitrogen and oxygen atoms in total. The summed E-state index contributed by atoms with van der Waals surface area (Å²) >= 11 is 17.7. The molecule has 6 unspecified atom stereocenters. The van der Waals surface area contributed by atoms with Crippen LogP contribution >= 0.6 is 39.1 Å². The van der Waals surface area contributed by atoms with Crippen molar-refractivity contribution in [3.8, 4) is 17.2 Å². The molecule has 2 saturated heterocycles. The summed E-state index contributed by atoms with van der Waals surface area (Å²) in [5.41, 5.74) is 0.999. The zero-order valence-corrected chi connectivity index (χ0v) is 26.5. The van der Waals surface area contributed by atoms with E-state index in [-0.39, 0.29) is 46.7 Å². The van der Waals surface area contributed by atoms with Crippen LogP contribution in [0.15, 0.2) is 48.0 Å². The van der Waals surface area contributed by atoms with Gasteiger partial charge in [0, 0.05) is 5.92 Å². The van der Waals surface area contributed by atoms with Crippen molar-refractivity contribution in [1.82, 2.24) is 4.90 Å². The number of imide groups is 2. The van der Waals surface area contributed by atoms with Crippen LogP contribution in [0.4, 0.5) is 5.69 Å². The molecule has 2 aliphatic heterocycles. The van der Waals surface area contributed by atoms with Gasteiger partial charge < -0.3 is 24.6 Å². The minimum absolute atomic E-state index is 0.0227. The van der Waals surface area contributed by atoms with Crippen LogP contribution < -0.4 is 19.8 Å². The number of methoxy groups -OCH3 is 2. The third-order valence-corrected chi connectivity index (χ3v) is 11.2. The molecule has 230 valence electrons. The van der Waals surface area contributed by atoms with E-state index in [2.05, 4.69) is 15.9 Å². The van der Waals surface area contributed by atoms with Crippen LogP contribution in [-0.4, -0.2) is 80.2 Å². The van der Waals surface area contributed by atoms with Gasteiger partial charge >= 0.3 is 7.12 Å². The number of hydrogen-bond donors (Lipinski definition) is 3. The number of alkyl halides is 3. The number of ether oxygens (including phenoxy) is 2. The minimum Gasteiger partial charge on any atom is -0.502 e. The van der Waals surface area contributed by atoms with Crippen molar-refractivity contribution >= 4 is 81.0 Å². The number of fused-ring (bicyclic) bond motifs is 4. The van der Waals surface area contributed by atoms with Gasteiger partial charge in [0.15, 0.2) is 21.2 Å². The van der Waals surface area contributed by atoms with E-state index in [9.17, 15) is 34.3 Å². The summed E-state index contributed by atoms with van der Waals surface area (Å²) in [7, 11) is 0.870. The molecule has 1 saturated carbocycles. The van der Waals surface area contributed by atoms with Crippen molar-refractivity contribution in [3.63, 3.8) is 0 Å². The molecule has 3 fully saturated rings. The first kappa shape index (κ1) is 30.9. The number of benzene rings is 2. The number of nitrogens with zero attached hydrogens (tertiary/aromatic N) is 2. The molecule has 44 heavy (non-hydrogen) atoms. The van der Waals surface area contributed by atoms with E-state index in [0.29, 0.717) is 11.1 Å². The van der Waals surface area contributed by atoms with Crippen LogP contribution in [0.2, 0.25) is 0 Å². The summed E-state index contributed by atoms with van der Waals surface area (Å²) in [6.45, 7) is 0. The molecule has 2 aromatic carbocycles. The first-order valence-corrected chi connectivity index (χ1v) is 15.5. The zero-order chi connectivity index (χ0) is 31.9. The van der Waals surface area contributed by atoms with Crippen molar-refractivity contribution in [2.45, 2.75) is 28.5 Å². The Morgan fingerprint density at radius 3 is 2.25 bits per heavy atom. The highest BCUT2D eigenvalue weighted by atomic mass is 79.9. The maximum atomic E-state index is 14.2. The van der Waals surface area contributed by atoms with E-state index in [1.807, 2.05) is 0 Å². The molecule has 6 rings (SSSR count). The SMILES string of the molecule is COc1cc(C2C3=CCC4C(=O)N(c5cccc(B(O)O)c5)C(=O)C4C3CC3(Cl)C(=O)N(CBr)C(=O)C23Cl)cc(OC)c1O. The Bertz CT molecular complexity index is 1630. The second kappa shape index (κ2) is 10.8. The second-order valence-corrected chi connectivity index (χ2v) is 13.0. The third-order valence-electron chi connectivity index (χ3n) is 9.28. The van der Waals surface area contributed by atoms with Crippen molar-refractivity contribution in [3.05, 3.63) is 53.6 Å². The smallest absolute Gasteiger partial charge is 0.488 e. The lowest BCUT2D eigenvalue weighted by Gasteiger charge is -2.50. The average molecular weight is 708 g/mol. The van der Waals surface area contributed by atoms with Gasteiger partial charge in [0.1, 0.15) is 0 Å². The molecule has 0 bridgehead atoms. The maximum Gasteiger partial charge on any atom is 0.488 e. The highest BCUT2D eigenvalue weighted by Gasteiger charge is 2.76. The third kappa shape index (κ3) is 4.02. The molecule has 2 aliphatic carbocycles. The molecule has 2 aromatic rings. The molecule has 6 atom stereocenters. The van der Waals surface area contributed by atoms with E-state index in [4.69, 9.17) is 32.7 Å². The molecule has 0 radical (unpaired) electrons. The van der Waals surface area contributed by atoms with Gasteiger partial charge in [0.2, 0.25) is 17.6 Å². The largest absolute Gasteiger partial charge is 0.502 e. The Morgan fingerprint density at radius 1 is 1.00 bits per heavy atom. The monoisotopic (exact) mass is 706 g/mol. The minimum atomic E-state index is -2.04. The van der Waals surface area contributed by atoms with Gasteiger partial charge in [-0.15, -0.1) is 23.2 Å². The molecule has 15 heteroatoms. The molecule has 0 spiro atoms. The molecular weight excluding hydrogens is 682 g/mol. The van der Waals surface area contributed by atoms with E-state index in [1.165, 1.54) is 50.6 Å². The number of phenols is 1. The van der Waals surface area contributed by atoms with E-state index < -0.39 is 64.2 Å². The number of amides is 4. The Kier molecular flexibility index (Phi) is 7.56. The number of allylic oxidation sites excluding steroid dienone is 2. The Balaban J connectivity index is 1.53. The van der Waals surface area contributed by atoms with Crippen LogP contribution in [0.3, 0.4) is 0 Å². The quantitative estimate of drug-likeness (QED) is 0.135. The van der Waals surface area contributed by atoms with Crippen molar-refractivity contribution in [1.29, 1.82) is 0 Å². The van der Waals surface area contributed by atoms with E-state index >= 15 is 0 Å². The summed E-state index contributed by atoms with van der Waals surface area (Å²) in [4.78, 5) is 53.6. The van der Waals surface area contributed by atoms with Gasteiger partial charge in [-0.25, -0.2) is 0 Å². The number of aromatic hydroxyl groups is 1. The van der Waals surface area contributed by atoms with Crippen molar-refractivity contribution < 1.29 is 43.8 Å². The van der Waals surface area contributed by atoms with Crippen LogP contribution in [0.5, 0.6) is 17.2 Å². The number of phenolic OH excluding ortho intramolecular Hbond substituents is 1. The molecule has 0 aromatic heterocycles. The standard InChI is InChI=1S/C29H26BBrCl2N2O9/c1-43-19-8-13(9-20(44-2)23(19)36)22-16-6-7-17-21(18(16)11-28(32)26(39)34(12-31)27(40)29(22,28)33)25(38)35(24(17)37)15-5-3-4-14(10-15)30(41)42/h3-6,8-10,17-18,21-22,36,41-42H,7,11-12H2,1-2H3. The molecule has 4 amide bonds. The Morgan fingerprint density at radius 2 is 1.66 bits per heavy atom. The van der Waals surface area contributed by atoms with Crippen molar-refractivity contribution in [2.24, 2.45) is 17.8 Å². The van der Waals surface area contributed by atoms with Crippen LogP contribution in [-0.2, 0) is 19.2 Å². The first-order valence-electron chi connectivity index (χ1n) is 13.6. The molecular formula is C29H26BBrCl2N2O9. The summed E-state index contributed by atoms with van der Waals surface area (Å²) in [5.74, 6) is -6.36. The molecule has 3 N–H and O–H groups in total. The molecule has 4 aliphatic rings. The van der Waals surface area contributed by atoms with Crippen molar-refractivity contribution in [2.75, 3.05) is 24.6 Å². The highest BCUT2D eigenvalue weighted by Crippen LogP contribution is 2.66. The van der Waals surface area contributed by atoms with E-state index in [1.54, 1.807) is 6.08 Å². The van der Waals surface area contributed by atoms with Gasteiger partial charge in [-0.3, -0.25) is 29.0 Å². The lowest BCUT2D eigenvalue weighted by Crippen LogP contribution is -2.60. The number of rotatable bonds is 6. The topological polar surface area (TPSA) is 154 Å². The van der Waals surface area contributed by atoms with Gasteiger partial charge in [-0.2, -0.15) is 0 Å². The summed E-state index contributed by atoms with van der Waals surface area (Å²) in [6.07, 6.45) is 1.71. The summed E-state index contributed by atoms with van der Waals surface area (Å²) in [6, 6.07) is 8.79.